The van der Waals surface area contributed by atoms with Gasteiger partial charge in [0, 0.05) is 30.3 Å². The van der Waals surface area contributed by atoms with Gasteiger partial charge >= 0.3 is 0 Å². The first kappa shape index (κ1) is 37.1. The summed E-state index contributed by atoms with van der Waals surface area (Å²) in [5.41, 5.74) is 2.56. The number of fused-ring (bicyclic) bond motifs is 1. The molecule has 278 valence electrons. The van der Waals surface area contributed by atoms with Gasteiger partial charge in [0.1, 0.15) is 18.3 Å². The molecule has 0 bridgehead atoms. The minimum atomic E-state index is -2.55. The third-order valence-corrected chi connectivity index (χ3v) is 10.3. The van der Waals surface area contributed by atoms with E-state index < -0.39 is 65.4 Å². The van der Waals surface area contributed by atoms with Gasteiger partial charge in [0.05, 0.1) is 12.9 Å². The molecule has 4 aromatic rings. The molecule has 7 atom stereocenters. The molecule has 13 nitrogen and oxygen atoms in total. The second kappa shape index (κ2) is 15.2. The van der Waals surface area contributed by atoms with Crippen molar-refractivity contribution in [3.63, 3.8) is 0 Å². The number of benzene rings is 4. The second-order valence-corrected chi connectivity index (χ2v) is 13.8. The first-order valence-electron chi connectivity index (χ1n) is 17.4. The average molecular weight is 751 g/mol. The highest BCUT2D eigenvalue weighted by atomic mass is 35.5. The fourth-order valence-electron chi connectivity index (χ4n) is 7.07. The number of carbonyl (C=O) groups excluding carboxylic acids is 3. The van der Waals surface area contributed by atoms with Crippen molar-refractivity contribution in [1.29, 1.82) is 0 Å². The Hall–Kier alpha value is -5.28. The number of carbonyl (C=O) groups is 3. The Morgan fingerprint density at radius 3 is 1.91 bits per heavy atom. The molecule has 3 aliphatic rings. The van der Waals surface area contributed by atoms with Crippen LogP contribution >= 0.6 is 11.6 Å². The predicted octanol–water partition coefficient (Wildman–Crippen LogP) is 2.73. The Balaban J connectivity index is 1.46. The van der Waals surface area contributed by atoms with E-state index in [0.29, 0.717) is 13.0 Å². The number of hydrogen-bond donors (Lipinski definition) is 4. The zero-order valence-electron chi connectivity index (χ0n) is 29.2. The summed E-state index contributed by atoms with van der Waals surface area (Å²) in [5.74, 6) is -2.33. The van der Waals surface area contributed by atoms with E-state index in [2.05, 4.69) is 5.43 Å². The van der Waals surface area contributed by atoms with Gasteiger partial charge in [-0.05, 0) is 24.1 Å². The van der Waals surface area contributed by atoms with Crippen LogP contribution in [-0.4, -0.2) is 121 Å². The lowest BCUT2D eigenvalue weighted by molar-refractivity contribution is -0.105. The first-order valence-corrected chi connectivity index (χ1v) is 17.8. The molecule has 7 rings (SSSR count). The van der Waals surface area contributed by atoms with Crippen LogP contribution < -0.4 is 5.43 Å². The normalized spacial score (nSPS) is 27.4. The minimum Gasteiger partial charge on any atom is -0.394 e. The number of likely N-dealkylation sites (N-methyl/N-ethyl adjacent to an activating group) is 1. The summed E-state index contributed by atoms with van der Waals surface area (Å²) in [6.07, 6.45) is -5.69. The summed E-state index contributed by atoms with van der Waals surface area (Å²) in [7, 11) is 1.74. The van der Waals surface area contributed by atoms with Crippen LogP contribution in [0.1, 0.15) is 36.6 Å². The van der Waals surface area contributed by atoms with Gasteiger partial charge in [-0.15, -0.1) is 0 Å². The highest BCUT2D eigenvalue weighted by Crippen LogP contribution is 2.47. The maximum Gasteiger partial charge on any atom is 0.279 e. The van der Waals surface area contributed by atoms with Crippen LogP contribution in [-0.2, 0) is 11.2 Å². The molecule has 0 spiro atoms. The van der Waals surface area contributed by atoms with E-state index in [0.717, 1.165) is 10.5 Å². The molecule has 5 unspecified atom stereocenters. The monoisotopic (exact) mass is 750 g/mol. The van der Waals surface area contributed by atoms with Crippen LogP contribution in [0, 0.1) is 0 Å². The van der Waals surface area contributed by atoms with Crippen LogP contribution in [0.4, 0.5) is 0 Å². The smallest absolute Gasteiger partial charge is 0.279 e. The lowest BCUT2D eigenvalue weighted by Gasteiger charge is -2.52. The van der Waals surface area contributed by atoms with Crippen molar-refractivity contribution in [2.45, 2.75) is 47.8 Å². The zero-order valence-corrected chi connectivity index (χ0v) is 30.0. The summed E-state index contributed by atoms with van der Waals surface area (Å²) >= 11 is 7.52. The molecule has 14 heteroatoms. The molecule has 3 aliphatic heterocycles. The number of aliphatic imine (C=N–C) groups is 2. The Bertz CT molecular complexity index is 2040. The van der Waals surface area contributed by atoms with Crippen LogP contribution in [0.5, 0.6) is 0 Å². The van der Waals surface area contributed by atoms with Gasteiger partial charge in [-0.1, -0.05) is 121 Å². The number of halogens is 1. The Morgan fingerprint density at radius 2 is 1.35 bits per heavy atom. The van der Waals surface area contributed by atoms with Crippen LogP contribution in [0.25, 0.3) is 0 Å². The molecule has 1 saturated heterocycles. The van der Waals surface area contributed by atoms with Crippen molar-refractivity contribution in [2.24, 2.45) is 9.98 Å². The largest absolute Gasteiger partial charge is 0.394 e. The molecular weight excluding hydrogens is 712 g/mol. The van der Waals surface area contributed by atoms with Crippen molar-refractivity contribution >= 4 is 41.2 Å². The number of hydrazine groups is 1. The van der Waals surface area contributed by atoms with Crippen molar-refractivity contribution in [2.75, 3.05) is 20.2 Å². The molecule has 0 radical (unpaired) electrons. The van der Waals surface area contributed by atoms with Gasteiger partial charge in [-0.25, -0.2) is 15.0 Å². The van der Waals surface area contributed by atoms with Crippen molar-refractivity contribution < 1.29 is 34.4 Å². The summed E-state index contributed by atoms with van der Waals surface area (Å²) in [5, 5.41) is 31.4. The maximum atomic E-state index is 15.2. The highest BCUT2D eigenvalue weighted by Gasteiger charge is 2.69. The van der Waals surface area contributed by atoms with Gasteiger partial charge in [0.2, 0.25) is 17.1 Å². The lowest BCUT2D eigenvalue weighted by atomic mass is 9.82. The number of amides is 1. The third-order valence-electron chi connectivity index (χ3n) is 9.87. The van der Waals surface area contributed by atoms with Crippen LogP contribution in [0.15, 0.2) is 131 Å². The molecule has 3 heterocycles. The van der Waals surface area contributed by atoms with E-state index in [1.807, 2.05) is 30.3 Å². The average Bonchev–Trinajstić information content (AvgIpc) is 3.74. The number of rotatable bonds is 11. The number of alkyl halides is 1. The van der Waals surface area contributed by atoms with Gasteiger partial charge in [0.15, 0.2) is 18.2 Å². The molecule has 0 aromatic heterocycles. The number of ketones is 2. The molecule has 4 N–H and O–H groups in total. The van der Waals surface area contributed by atoms with E-state index in [-0.39, 0.29) is 22.5 Å². The number of aliphatic hydroxyl groups excluding tert-OH is 3. The molecule has 4 aromatic carbocycles. The second-order valence-electron chi connectivity index (χ2n) is 13.3. The number of ether oxygens (including phenoxy) is 1. The summed E-state index contributed by atoms with van der Waals surface area (Å²) in [4.78, 5) is 57.0. The molecule has 1 fully saturated rings. The number of Topliss-reactive ketones (excluding diaryl/α,β-unsaturated/α-hetero) is 2. The van der Waals surface area contributed by atoms with Crippen molar-refractivity contribution in [1.82, 2.24) is 20.2 Å². The lowest BCUT2D eigenvalue weighted by Crippen LogP contribution is -2.77. The predicted molar refractivity (Wildman–Crippen MR) is 201 cm³/mol. The van der Waals surface area contributed by atoms with Gasteiger partial charge in [-0.2, -0.15) is 0 Å². The Labute approximate surface area is 316 Å². The molecule has 54 heavy (non-hydrogen) atoms. The van der Waals surface area contributed by atoms with Crippen LogP contribution in [0.3, 0.4) is 0 Å². The van der Waals surface area contributed by atoms with Crippen molar-refractivity contribution in [3.8, 4) is 0 Å². The topological polar surface area (TPSA) is 168 Å². The Morgan fingerprint density at radius 1 is 0.815 bits per heavy atom. The van der Waals surface area contributed by atoms with E-state index in [1.54, 1.807) is 78.8 Å². The van der Waals surface area contributed by atoms with Gasteiger partial charge in [-0.3, -0.25) is 19.3 Å². The van der Waals surface area contributed by atoms with E-state index in [4.69, 9.17) is 26.3 Å². The van der Waals surface area contributed by atoms with Gasteiger partial charge < -0.3 is 30.4 Å². The van der Waals surface area contributed by atoms with E-state index >= 15 is 9.59 Å². The number of amidine groups is 1. The first-order chi connectivity index (χ1) is 26.1. The fourth-order valence-corrected chi connectivity index (χ4v) is 7.43. The van der Waals surface area contributed by atoms with Crippen molar-refractivity contribution in [3.05, 3.63) is 144 Å². The number of nitrogens with zero attached hydrogens (tertiary/aromatic N) is 5. The SMILES string of the molecule is CN(CCc1ccccc1)NC1=NC(Cl)(C(=O)c2ccccc2)N(C(=O)c2ccccc2)C2N([C@@H]3O[C@H](CO)C(O)C3O)C=NC12C(=O)c1ccccc1. The molecule has 0 aliphatic carbocycles. The fraction of sp³-hybridized carbons (Fsp3) is 0.275. The summed E-state index contributed by atoms with van der Waals surface area (Å²) < 4.78 is 5.99. The highest BCUT2D eigenvalue weighted by molar-refractivity contribution is 6.40. The zero-order chi connectivity index (χ0) is 38.0. The van der Waals surface area contributed by atoms with E-state index in [1.165, 1.54) is 35.5 Å². The summed E-state index contributed by atoms with van der Waals surface area (Å²) in [6, 6.07) is 34.2. The Kier molecular flexibility index (Phi) is 10.4. The van der Waals surface area contributed by atoms with Gasteiger partial charge in [0.25, 0.3) is 11.0 Å². The quantitative estimate of drug-likeness (QED) is 0.0775. The minimum absolute atomic E-state index is 0.115. The number of nitrogens with one attached hydrogen (secondary N) is 1. The maximum absolute atomic E-state index is 15.2. The number of aliphatic hydroxyl groups is 3. The van der Waals surface area contributed by atoms with E-state index in [9.17, 15) is 20.1 Å². The molecule has 1 amide bonds. The summed E-state index contributed by atoms with van der Waals surface area (Å²) in [6.45, 7) is -0.238. The van der Waals surface area contributed by atoms with Crippen LogP contribution in [0.2, 0.25) is 0 Å². The molecule has 0 saturated carbocycles. The standard InChI is InChI=1S/C40H39ClN6O7/c1-45(23-22-26-14-6-2-7-15-26)44-37-39(33(51)27-16-8-3-9-17-27)38(46(25-42-39)36-32(50)31(49)30(24-48)54-36)47(35(53)29-20-12-5-13-21-29)40(41,43-37)34(52)28-18-10-4-11-19-28/h2-21,25,30-32,36,38,48-50H,22-24H2,1H3,(H,43,44)/t30-,31?,32?,36-,38?,39?,40?/m1/s1. The third kappa shape index (κ3) is 6.48. The molecular formula is C40H39ClN6O7. The number of hydrogen-bond acceptors (Lipinski definition) is 12.